The summed E-state index contributed by atoms with van der Waals surface area (Å²) < 4.78 is 5.34. The number of carbonyl (C=O) groups excluding carboxylic acids is 1. The molecule has 0 atom stereocenters. The van der Waals surface area contributed by atoms with Crippen LogP contribution in [0.25, 0.3) is 10.9 Å². The fourth-order valence-corrected chi connectivity index (χ4v) is 3.75. The molecule has 0 spiro atoms. The Labute approximate surface area is 151 Å². The molecule has 0 radical (unpaired) electrons. The first kappa shape index (κ1) is 16.0. The maximum absolute atomic E-state index is 13.0. The molecular formula is C20H19ClN2O2. The lowest BCUT2D eigenvalue weighted by Gasteiger charge is -2.21. The second kappa shape index (κ2) is 6.45. The van der Waals surface area contributed by atoms with Crippen molar-refractivity contribution in [3.8, 4) is 5.75 Å². The van der Waals surface area contributed by atoms with E-state index in [1.54, 1.807) is 25.3 Å². The molecule has 1 aliphatic rings. The highest BCUT2D eigenvalue weighted by molar-refractivity contribution is 6.31. The van der Waals surface area contributed by atoms with E-state index in [-0.39, 0.29) is 5.91 Å². The van der Waals surface area contributed by atoms with Gasteiger partial charge in [0.25, 0.3) is 5.91 Å². The number of aromatic nitrogens is 1. The summed E-state index contributed by atoms with van der Waals surface area (Å²) in [5, 5.41) is 1.79. The quantitative estimate of drug-likeness (QED) is 0.754. The van der Waals surface area contributed by atoms with Crippen molar-refractivity contribution in [2.45, 2.75) is 12.8 Å². The lowest BCUT2D eigenvalue weighted by molar-refractivity contribution is 0.0759. The summed E-state index contributed by atoms with van der Waals surface area (Å²) in [6.45, 7) is 1.36. The van der Waals surface area contributed by atoms with E-state index in [1.807, 2.05) is 11.0 Å². The Hall–Kier alpha value is -2.46. The minimum atomic E-state index is -0.0335. The first-order valence-electron chi connectivity index (χ1n) is 8.38. The zero-order valence-corrected chi connectivity index (χ0v) is 14.8. The highest BCUT2D eigenvalue weighted by Gasteiger charge is 2.24. The number of rotatable bonds is 2. The zero-order valence-electron chi connectivity index (χ0n) is 14.0. The molecule has 4 nitrogen and oxygen atoms in total. The van der Waals surface area contributed by atoms with Crippen molar-refractivity contribution in [1.29, 1.82) is 0 Å². The molecule has 5 heteroatoms. The number of benzene rings is 2. The van der Waals surface area contributed by atoms with Crippen molar-refractivity contribution in [1.82, 2.24) is 9.88 Å². The summed E-state index contributed by atoms with van der Waals surface area (Å²) in [5.74, 6) is 0.524. The van der Waals surface area contributed by atoms with Gasteiger partial charge in [-0.15, -0.1) is 0 Å². The average Bonchev–Trinajstić information content (AvgIpc) is 2.85. The summed E-state index contributed by atoms with van der Waals surface area (Å²) in [4.78, 5) is 18.4. The number of para-hydroxylation sites is 1. The number of methoxy groups -OCH3 is 1. The number of carbonyl (C=O) groups is 1. The van der Waals surface area contributed by atoms with Crippen LogP contribution in [-0.4, -0.2) is 36.0 Å². The number of nitrogens with zero attached hydrogens (tertiary/aromatic N) is 1. The fraction of sp³-hybridized carbons (Fsp3) is 0.250. The molecular weight excluding hydrogens is 336 g/mol. The van der Waals surface area contributed by atoms with Crippen molar-refractivity contribution in [3.63, 3.8) is 0 Å². The molecule has 1 aliphatic heterocycles. The second-order valence-corrected chi connectivity index (χ2v) is 6.70. The molecule has 0 aliphatic carbocycles. The number of ether oxygens (including phenoxy) is 1. The van der Waals surface area contributed by atoms with Gasteiger partial charge >= 0.3 is 0 Å². The van der Waals surface area contributed by atoms with Crippen LogP contribution < -0.4 is 4.74 Å². The van der Waals surface area contributed by atoms with E-state index >= 15 is 0 Å². The van der Waals surface area contributed by atoms with Crippen molar-refractivity contribution < 1.29 is 9.53 Å². The molecule has 4 rings (SSSR count). The zero-order chi connectivity index (χ0) is 17.4. The molecule has 2 aromatic carbocycles. The van der Waals surface area contributed by atoms with Gasteiger partial charge in [0.2, 0.25) is 0 Å². The smallest absolute Gasteiger partial charge is 0.257 e. The van der Waals surface area contributed by atoms with Gasteiger partial charge < -0.3 is 14.6 Å². The van der Waals surface area contributed by atoms with Gasteiger partial charge in [0.05, 0.1) is 12.7 Å². The van der Waals surface area contributed by atoms with Gasteiger partial charge in [-0.1, -0.05) is 29.8 Å². The number of hydrogen-bond acceptors (Lipinski definition) is 2. The lowest BCUT2D eigenvalue weighted by Crippen LogP contribution is -2.33. The molecule has 0 saturated heterocycles. The molecule has 0 bridgehead atoms. The first-order chi connectivity index (χ1) is 12.2. The molecule has 0 unspecified atom stereocenters. The Morgan fingerprint density at radius 3 is 2.80 bits per heavy atom. The van der Waals surface area contributed by atoms with Crippen molar-refractivity contribution >= 4 is 28.4 Å². The number of amides is 1. The van der Waals surface area contributed by atoms with E-state index < -0.39 is 0 Å². The minimum Gasteiger partial charge on any atom is -0.496 e. The van der Waals surface area contributed by atoms with Crippen molar-refractivity contribution in [3.05, 3.63) is 64.3 Å². The molecule has 2 heterocycles. The van der Waals surface area contributed by atoms with Crippen LogP contribution in [-0.2, 0) is 12.8 Å². The standard InChI is InChI=1S/C20H19ClN2O2/c1-25-19-7-6-13(21)12-16(19)20(24)23-10-8-15-14-4-2-3-5-17(14)22-18(15)9-11-23/h2-7,12,22H,8-11H2,1H3. The Morgan fingerprint density at radius 1 is 1.16 bits per heavy atom. The highest BCUT2D eigenvalue weighted by Crippen LogP contribution is 2.28. The normalized spacial score (nSPS) is 14.2. The lowest BCUT2D eigenvalue weighted by atomic mass is 10.1. The number of aromatic amines is 1. The predicted octanol–water partition coefficient (Wildman–Crippen LogP) is 4.07. The van der Waals surface area contributed by atoms with Crippen LogP contribution in [0.3, 0.4) is 0 Å². The van der Waals surface area contributed by atoms with Gasteiger partial charge in [0, 0.05) is 41.1 Å². The van der Waals surface area contributed by atoms with E-state index in [9.17, 15) is 4.79 Å². The molecule has 1 aromatic heterocycles. The van der Waals surface area contributed by atoms with Crippen LogP contribution in [0, 0.1) is 0 Å². The second-order valence-electron chi connectivity index (χ2n) is 6.26. The van der Waals surface area contributed by atoms with Crippen LogP contribution in [0.2, 0.25) is 5.02 Å². The van der Waals surface area contributed by atoms with Crippen LogP contribution in [0.5, 0.6) is 5.75 Å². The van der Waals surface area contributed by atoms with E-state index in [0.717, 1.165) is 12.8 Å². The maximum atomic E-state index is 13.0. The summed E-state index contributed by atoms with van der Waals surface area (Å²) in [6, 6.07) is 13.5. The Kier molecular flexibility index (Phi) is 4.14. The van der Waals surface area contributed by atoms with Gasteiger partial charge in [-0.05, 0) is 36.2 Å². The molecule has 0 fully saturated rings. The summed E-state index contributed by atoms with van der Waals surface area (Å²) in [6.07, 6.45) is 1.66. The predicted molar refractivity (Wildman–Crippen MR) is 99.6 cm³/mol. The van der Waals surface area contributed by atoms with E-state index in [1.165, 1.54) is 22.2 Å². The van der Waals surface area contributed by atoms with Crippen LogP contribution in [0.15, 0.2) is 42.5 Å². The average molecular weight is 355 g/mol. The monoisotopic (exact) mass is 354 g/mol. The number of fused-ring (bicyclic) bond motifs is 3. The molecule has 1 N–H and O–H groups in total. The van der Waals surface area contributed by atoms with E-state index in [0.29, 0.717) is 29.4 Å². The van der Waals surface area contributed by atoms with Crippen LogP contribution in [0.4, 0.5) is 0 Å². The Balaban J connectivity index is 1.61. The van der Waals surface area contributed by atoms with Gasteiger partial charge in [-0.25, -0.2) is 0 Å². The Morgan fingerprint density at radius 2 is 1.96 bits per heavy atom. The number of H-pyrrole nitrogens is 1. The molecule has 3 aromatic rings. The third kappa shape index (κ3) is 2.87. The SMILES string of the molecule is COc1ccc(Cl)cc1C(=O)N1CCc2[nH]c3ccccc3c2CC1. The third-order valence-electron chi connectivity index (χ3n) is 4.84. The van der Waals surface area contributed by atoms with Crippen LogP contribution in [0.1, 0.15) is 21.6 Å². The van der Waals surface area contributed by atoms with Gasteiger partial charge in [0.1, 0.15) is 5.75 Å². The molecule has 128 valence electrons. The Bertz CT molecular complexity index is 948. The highest BCUT2D eigenvalue weighted by atomic mass is 35.5. The number of nitrogens with one attached hydrogen (secondary N) is 1. The van der Waals surface area contributed by atoms with Gasteiger partial charge in [-0.3, -0.25) is 4.79 Å². The minimum absolute atomic E-state index is 0.0335. The van der Waals surface area contributed by atoms with Gasteiger partial charge in [-0.2, -0.15) is 0 Å². The van der Waals surface area contributed by atoms with Crippen molar-refractivity contribution in [2.24, 2.45) is 0 Å². The topological polar surface area (TPSA) is 45.3 Å². The summed E-state index contributed by atoms with van der Waals surface area (Å²) >= 11 is 6.08. The number of hydrogen-bond donors (Lipinski definition) is 1. The fourth-order valence-electron chi connectivity index (χ4n) is 3.58. The van der Waals surface area contributed by atoms with Gasteiger partial charge in [0.15, 0.2) is 0 Å². The van der Waals surface area contributed by atoms with Crippen molar-refractivity contribution in [2.75, 3.05) is 20.2 Å². The first-order valence-corrected chi connectivity index (χ1v) is 8.76. The van der Waals surface area contributed by atoms with E-state index in [2.05, 4.69) is 23.2 Å². The maximum Gasteiger partial charge on any atom is 0.257 e. The molecule has 1 amide bonds. The third-order valence-corrected chi connectivity index (χ3v) is 5.08. The largest absolute Gasteiger partial charge is 0.496 e. The number of halogens is 1. The molecule has 25 heavy (non-hydrogen) atoms. The summed E-state index contributed by atoms with van der Waals surface area (Å²) in [5.41, 5.74) is 4.24. The summed E-state index contributed by atoms with van der Waals surface area (Å²) in [7, 11) is 1.57. The van der Waals surface area contributed by atoms with Crippen LogP contribution >= 0.6 is 11.6 Å². The molecule has 0 saturated carbocycles. The van der Waals surface area contributed by atoms with E-state index in [4.69, 9.17) is 16.3 Å².